The molecule has 1 aliphatic heterocycles. The van der Waals surface area contributed by atoms with Gasteiger partial charge in [-0.05, 0) is 63.4 Å². The van der Waals surface area contributed by atoms with E-state index in [0.29, 0.717) is 45.1 Å². The molecule has 0 unspecified atom stereocenters. The Kier molecular flexibility index (Phi) is 7.33. The zero-order valence-electron chi connectivity index (χ0n) is 20.0. The van der Waals surface area contributed by atoms with Crippen molar-refractivity contribution >= 4 is 40.3 Å². The van der Waals surface area contributed by atoms with Crippen LogP contribution in [0.4, 0.5) is 19.1 Å². The number of benzene rings is 1. The fourth-order valence-electron chi connectivity index (χ4n) is 4.71. The molecule has 7 nitrogen and oxygen atoms in total. The van der Waals surface area contributed by atoms with E-state index in [0.717, 1.165) is 32.4 Å². The van der Waals surface area contributed by atoms with Gasteiger partial charge in [0.05, 0.1) is 21.8 Å². The summed E-state index contributed by atoms with van der Waals surface area (Å²) in [6.07, 6.45) is 0.0421. The number of aromatic nitrogens is 4. The lowest BCUT2D eigenvalue weighted by molar-refractivity contribution is -0.154. The average Bonchev–Trinajstić information content (AvgIpc) is 3.41. The zero-order valence-corrected chi connectivity index (χ0v) is 21.5. The number of aryl methyl sites for hydroxylation is 2. The number of alkyl halides is 3. The molecule has 12 heteroatoms. The summed E-state index contributed by atoms with van der Waals surface area (Å²) in [6.45, 7) is 3.94. The first-order valence-corrected chi connectivity index (χ1v) is 12.7. The fraction of sp³-hybridized carbons (Fsp3) is 0.400. The number of hydrogen-bond donors (Lipinski definition) is 2. The minimum atomic E-state index is -4.59. The third kappa shape index (κ3) is 5.56. The van der Waals surface area contributed by atoms with Crippen molar-refractivity contribution in [2.75, 3.05) is 18.4 Å². The van der Waals surface area contributed by atoms with Crippen LogP contribution >= 0.6 is 23.2 Å². The standard InChI is InChI=1S/C25H25Cl2F3N6O/c1-14-11-16(21(37-14)25(28,29)30)12-32-24-33-13-19-22(35-24)36(10-7-15-5-8-31-9-6-15)23(34-19)20-17(26)3-2-4-18(20)27/h2-4,11,13,15,31H,5-10,12H2,1H3,(H,32,33,35). The summed E-state index contributed by atoms with van der Waals surface area (Å²) in [6, 6.07) is 6.63. The van der Waals surface area contributed by atoms with Crippen molar-refractivity contribution in [3.8, 4) is 11.4 Å². The molecule has 0 saturated carbocycles. The Bertz CT molecular complexity index is 1390. The molecule has 1 aliphatic rings. The molecule has 1 saturated heterocycles. The monoisotopic (exact) mass is 552 g/mol. The van der Waals surface area contributed by atoms with E-state index < -0.39 is 11.9 Å². The van der Waals surface area contributed by atoms with Crippen LogP contribution in [0.25, 0.3) is 22.6 Å². The predicted octanol–water partition coefficient (Wildman–Crippen LogP) is 6.72. The van der Waals surface area contributed by atoms with Crippen molar-refractivity contribution < 1.29 is 17.6 Å². The molecule has 0 radical (unpaired) electrons. The molecule has 0 amide bonds. The van der Waals surface area contributed by atoms with Gasteiger partial charge in [-0.3, -0.25) is 0 Å². The van der Waals surface area contributed by atoms with Crippen LogP contribution in [0.15, 0.2) is 34.9 Å². The minimum absolute atomic E-state index is 0.0170. The van der Waals surface area contributed by atoms with Crippen LogP contribution in [0.3, 0.4) is 0 Å². The van der Waals surface area contributed by atoms with Crippen LogP contribution in [-0.4, -0.2) is 32.6 Å². The van der Waals surface area contributed by atoms with Crippen molar-refractivity contribution in [3.63, 3.8) is 0 Å². The Labute approximate surface area is 221 Å². The van der Waals surface area contributed by atoms with Crippen molar-refractivity contribution in [3.05, 3.63) is 57.6 Å². The summed E-state index contributed by atoms with van der Waals surface area (Å²) in [7, 11) is 0. The predicted molar refractivity (Wildman–Crippen MR) is 137 cm³/mol. The SMILES string of the molecule is Cc1cc(CNc2ncc3nc(-c4c(Cl)cccc4Cl)n(CCC4CCNCC4)c3n2)c(C(F)(F)F)o1. The third-order valence-corrected chi connectivity index (χ3v) is 7.15. The van der Waals surface area contributed by atoms with E-state index in [1.807, 2.05) is 4.57 Å². The van der Waals surface area contributed by atoms with Crippen molar-refractivity contribution in [2.24, 2.45) is 5.92 Å². The molecule has 3 aromatic heterocycles. The molecule has 37 heavy (non-hydrogen) atoms. The number of anilines is 1. The van der Waals surface area contributed by atoms with Gasteiger partial charge in [-0.15, -0.1) is 0 Å². The van der Waals surface area contributed by atoms with Crippen LogP contribution in [0.1, 0.15) is 36.3 Å². The smallest absolute Gasteiger partial charge is 0.449 e. The molecule has 0 bridgehead atoms. The molecule has 4 heterocycles. The topological polar surface area (TPSA) is 80.8 Å². The summed E-state index contributed by atoms with van der Waals surface area (Å²) >= 11 is 13.0. The van der Waals surface area contributed by atoms with Gasteiger partial charge < -0.3 is 19.6 Å². The molecule has 1 fully saturated rings. The number of imidazole rings is 1. The molecule has 0 aliphatic carbocycles. The molecule has 0 atom stereocenters. The Morgan fingerprint density at radius 1 is 1.16 bits per heavy atom. The van der Waals surface area contributed by atoms with Gasteiger partial charge in [-0.2, -0.15) is 18.2 Å². The van der Waals surface area contributed by atoms with Gasteiger partial charge in [0.15, 0.2) is 5.65 Å². The van der Waals surface area contributed by atoms with Gasteiger partial charge in [0.1, 0.15) is 17.1 Å². The quantitative estimate of drug-likeness (QED) is 0.265. The first kappa shape index (κ1) is 25.8. The van der Waals surface area contributed by atoms with Crippen LogP contribution in [0, 0.1) is 12.8 Å². The highest BCUT2D eigenvalue weighted by atomic mass is 35.5. The molecule has 1 aromatic carbocycles. The van der Waals surface area contributed by atoms with Crippen molar-refractivity contribution in [1.29, 1.82) is 0 Å². The number of fused-ring (bicyclic) bond motifs is 1. The second kappa shape index (κ2) is 10.5. The molecule has 2 N–H and O–H groups in total. The lowest BCUT2D eigenvalue weighted by Gasteiger charge is -2.23. The van der Waals surface area contributed by atoms with Gasteiger partial charge in [-0.1, -0.05) is 29.3 Å². The average molecular weight is 553 g/mol. The maximum atomic E-state index is 13.3. The molecule has 5 rings (SSSR count). The van der Waals surface area contributed by atoms with Crippen LogP contribution in [-0.2, 0) is 19.3 Å². The Balaban J connectivity index is 1.49. The molecule has 4 aromatic rings. The molecular weight excluding hydrogens is 528 g/mol. The molecular formula is C25H25Cl2F3N6O. The minimum Gasteiger partial charge on any atom is -0.456 e. The highest BCUT2D eigenvalue weighted by Crippen LogP contribution is 2.37. The van der Waals surface area contributed by atoms with E-state index in [9.17, 15) is 13.2 Å². The van der Waals surface area contributed by atoms with Crippen molar-refractivity contribution in [2.45, 2.75) is 45.5 Å². The summed E-state index contributed by atoms with van der Waals surface area (Å²) in [5.74, 6) is 0.465. The number of piperidine rings is 1. The van der Waals surface area contributed by atoms with E-state index in [4.69, 9.17) is 32.6 Å². The second-order valence-electron chi connectivity index (χ2n) is 9.13. The summed E-state index contributed by atoms with van der Waals surface area (Å²) < 4.78 is 46.8. The number of furan rings is 1. The first-order chi connectivity index (χ1) is 17.7. The largest absolute Gasteiger partial charge is 0.456 e. The molecule has 196 valence electrons. The van der Waals surface area contributed by atoms with E-state index in [-0.39, 0.29) is 23.8 Å². The highest BCUT2D eigenvalue weighted by molar-refractivity contribution is 6.39. The van der Waals surface area contributed by atoms with E-state index in [1.165, 1.54) is 13.0 Å². The lowest BCUT2D eigenvalue weighted by atomic mass is 9.95. The number of hydrogen-bond acceptors (Lipinski definition) is 6. The summed E-state index contributed by atoms with van der Waals surface area (Å²) in [5.41, 5.74) is 1.68. The van der Waals surface area contributed by atoms with Crippen LogP contribution in [0.2, 0.25) is 10.0 Å². The zero-order chi connectivity index (χ0) is 26.2. The van der Waals surface area contributed by atoms with Gasteiger partial charge >= 0.3 is 6.18 Å². The maximum Gasteiger partial charge on any atom is 0.449 e. The number of nitrogens with zero attached hydrogens (tertiary/aromatic N) is 4. The lowest BCUT2D eigenvalue weighted by Crippen LogP contribution is -2.28. The van der Waals surface area contributed by atoms with Gasteiger partial charge in [0.25, 0.3) is 0 Å². The number of halogens is 5. The fourth-order valence-corrected chi connectivity index (χ4v) is 5.28. The summed E-state index contributed by atoms with van der Waals surface area (Å²) in [5, 5.41) is 7.21. The normalized spacial score (nSPS) is 15.0. The van der Waals surface area contributed by atoms with Crippen LogP contribution in [0.5, 0.6) is 0 Å². The number of rotatable bonds is 7. The van der Waals surface area contributed by atoms with Crippen LogP contribution < -0.4 is 10.6 Å². The second-order valence-corrected chi connectivity index (χ2v) is 9.95. The third-order valence-electron chi connectivity index (χ3n) is 6.52. The van der Waals surface area contributed by atoms with E-state index >= 15 is 0 Å². The van der Waals surface area contributed by atoms with Gasteiger partial charge in [0, 0.05) is 18.7 Å². The molecule has 0 spiro atoms. The first-order valence-electron chi connectivity index (χ1n) is 12.0. The Morgan fingerprint density at radius 2 is 1.89 bits per heavy atom. The summed E-state index contributed by atoms with van der Waals surface area (Å²) in [4.78, 5) is 13.6. The van der Waals surface area contributed by atoms with Gasteiger partial charge in [-0.25, -0.2) is 9.97 Å². The van der Waals surface area contributed by atoms with E-state index in [2.05, 4.69) is 20.6 Å². The van der Waals surface area contributed by atoms with Crippen molar-refractivity contribution in [1.82, 2.24) is 24.8 Å². The number of nitrogens with one attached hydrogen (secondary N) is 2. The van der Waals surface area contributed by atoms with Gasteiger partial charge in [0.2, 0.25) is 11.7 Å². The Hall–Kier alpha value is -2.82. The maximum absolute atomic E-state index is 13.3. The Morgan fingerprint density at radius 3 is 2.59 bits per heavy atom. The highest BCUT2D eigenvalue weighted by Gasteiger charge is 2.38. The van der Waals surface area contributed by atoms with E-state index in [1.54, 1.807) is 24.4 Å².